The standard InChI is InChI=1S/C16H21FN2O4S/c1-3-8-18-16(20)12-6-9-19(10-7-12)24(21,22)15-11-13(17)4-5-14(15)23-2/h3-5,11-12H,1,6-10H2,2H3,(H,18,20). The fourth-order valence-electron chi connectivity index (χ4n) is 2.67. The predicted molar refractivity (Wildman–Crippen MR) is 87.6 cm³/mol. The van der Waals surface area contributed by atoms with Crippen molar-refractivity contribution in [1.29, 1.82) is 0 Å². The highest BCUT2D eigenvalue weighted by molar-refractivity contribution is 7.89. The molecule has 0 bridgehead atoms. The summed E-state index contributed by atoms with van der Waals surface area (Å²) in [7, 11) is -2.54. The lowest BCUT2D eigenvalue weighted by molar-refractivity contribution is -0.125. The molecule has 1 aliphatic rings. The van der Waals surface area contributed by atoms with Gasteiger partial charge in [-0.25, -0.2) is 12.8 Å². The van der Waals surface area contributed by atoms with Gasteiger partial charge in [-0.05, 0) is 31.0 Å². The van der Waals surface area contributed by atoms with Crippen LogP contribution in [0.2, 0.25) is 0 Å². The first-order chi connectivity index (χ1) is 11.4. The average molecular weight is 356 g/mol. The quantitative estimate of drug-likeness (QED) is 0.785. The third kappa shape index (κ3) is 3.93. The molecule has 0 aliphatic carbocycles. The van der Waals surface area contributed by atoms with Gasteiger partial charge in [-0.1, -0.05) is 6.08 Å². The van der Waals surface area contributed by atoms with Crippen LogP contribution in [0.25, 0.3) is 0 Å². The Morgan fingerprint density at radius 2 is 2.12 bits per heavy atom. The second-order valence-electron chi connectivity index (χ2n) is 5.51. The molecule has 2 rings (SSSR count). The molecule has 1 saturated heterocycles. The number of hydrogen-bond acceptors (Lipinski definition) is 4. The number of nitrogens with zero attached hydrogens (tertiary/aromatic N) is 1. The molecule has 0 unspecified atom stereocenters. The molecule has 1 heterocycles. The van der Waals surface area contributed by atoms with E-state index in [-0.39, 0.29) is 35.6 Å². The highest BCUT2D eigenvalue weighted by Gasteiger charge is 2.33. The molecule has 6 nitrogen and oxygen atoms in total. The van der Waals surface area contributed by atoms with Crippen LogP contribution in [0.3, 0.4) is 0 Å². The fraction of sp³-hybridized carbons (Fsp3) is 0.438. The summed E-state index contributed by atoms with van der Waals surface area (Å²) in [5.74, 6) is -0.878. The third-order valence-corrected chi connectivity index (χ3v) is 5.91. The summed E-state index contributed by atoms with van der Waals surface area (Å²) in [6.07, 6.45) is 2.42. The van der Waals surface area contributed by atoms with Gasteiger partial charge in [0.1, 0.15) is 16.5 Å². The van der Waals surface area contributed by atoms with Crippen LogP contribution in [0.1, 0.15) is 12.8 Å². The zero-order chi connectivity index (χ0) is 17.7. The summed E-state index contributed by atoms with van der Waals surface area (Å²) in [6.45, 7) is 4.33. The van der Waals surface area contributed by atoms with E-state index in [0.717, 1.165) is 12.1 Å². The van der Waals surface area contributed by atoms with Crippen molar-refractivity contribution in [2.75, 3.05) is 26.7 Å². The molecule has 1 aliphatic heterocycles. The summed E-state index contributed by atoms with van der Waals surface area (Å²) < 4.78 is 45.2. The van der Waals surface area contributed by atoms with Crippen molar-refractivity contribution >= 4 is 15.9 Å². The van der Waals surface area contributed by atoms with Gasteiger partial charge in [-0.2, -0.15) is 4.31 Å². The molecule has 8 heteroatoms. The molecule has 0 saturated carbocycles. The van der Waals surface area contributed by atoms with Gasteiger partial charge in [0.15, 0.2) is 0 Å². The van der Waals surface area contributed by atoms with Crippen LogP contribution in [0, 0.1) is 11.7 Å². The lowest BCUT2D eigenvalue weighted by Crippen LogP contribution is -2.43. The molecule has 0 radical (unpaired) electrons. The Bertz CT molecular complexity index is 713. The van der Waals surface area contributed by atoms with Crippen LogP contribution in [0.15, 0.2) is 35.7 Å². The lowest BCUT2D eigenvalue weighted by atomic mass is 9.97. The Hall–Kier alpha value is -1.93. The number of rotatable bonds is 6. The Kier molecular flexibility index (Phi) is 5.95. The maximum Gasteiger partial charge on any atom is 0.246 e. The van der Waals surface area contributed by atoms with E-state index in [0.29, 0.717) is 19.4 Å². The first-order valence-electron chi connectivity index (χ1n) is 7.62. The van der Waals surface area contributed by atoms with Crippen LogP contribution in [0.4, 0.5) is 4.39 Å². The van der Waals surface area contributed by atoms with E-state index >= 15 is 0 Å². The molecule has 0 spiro atoms. The first-order valence-corrected chi connectivity index (χ1v) is 9.06. The highest BCUT2D eigenvalue weighted by Crippen LogP contribution is 2.30. The third-order valence-electron chi connectivity index (χ3n) is 3.99. The van der Waals surface area contributed by atoms with E-state index < -0.39 is 15.8 Å². The molecule has 1 fully saturated rings. The number of methoxy groups -OCH3 is 1. The molecule has 0 atom stereocenters. The van der Waals surface area contributed by atoms with Gasteiger partial charge in [0, 0.05) is 25.6 Å². The average Bonchev–Trinajstić information content (AvgIpc) is 2.59. The van der Waals surface area contributed by atoms with Gasteiger partial charge in [0.25, 0.3) is 0 Å². The van der Waals surface area contributed by atoms with Gasteiger partial charge < -0.3 is 10.1 Å². The number of piperidine rings is 1. The van der Waals surface area contributed by atoms with Crippen LogP contribution in [0.5, 0.6) is 5.75 Å². The number of carbonyl (C=O) groups is 1. The molecular formula is C16H21FN2O4S. The van der Waals surface area contributed by atoms with Gasteiger partial charge in [0.2, 0.25) is 15.9 Å². The smallest absolute Gasteiger partial charge is 0.246 e. The largest absolute Gasteiger partial charge is 0.495 e. The van der Waals surface area contributed by atoms with E-state index in [9.17, 15) is 17.6 Å². The number of ether oxygens (including phenoxy) is 1. The molecule has 1 amide bonds. The van der Waals surface area contributed by atoms with Crippen LogP contribution >= 0.6 is 0 Å². The number of carbonyl (C=O) groups excluding carboxylic acids is 1. The zero-order valence-electron chi connectivity index (χ0n) is 13.5. The van der Waals surface area contributed by atoms with E-state index in [1.807, 2.05) is 0 Å². The summed E-state index contributed by atoms with van der Waals surface area (Å²) in [4.78, 5) is 11.7. The van der Waals surface area contributed by atoms with Crippen LogP contribution in [-0.2, 0) is 14.8 Å². The summed E-state index contributed by atoms with van der Waals surface area (Å²) >= 11 is 0. The highest BCUT2D eigenvalue weighted by atomic mass is 32.2. The number of benzene rings is 1. The molecule has 0 aromatic heterocycles. The number of nitrogens with one attached hydrogen (secondary N) is 1. The van der Waals surface area contributed by atoms with Crippen LogP contribution in [-0.4, -0.2) is 45.4 Å². The Balaban J connectivity index is 2.12. The molecular weight excluding hydrogens is 335 g/mol. The second-order valence-corrected chi connectivity index (χ2v) is 7.41. The predicted octanol–water partition coefficient (Wildman–Crippen LogP) is 1.54. The zero-order valence-corrected chi connectivity index (χ0v) is 14.3. The van der Waals surface area contributed by atoms with Crippen molar-refractivity contribution < 1.29 is 22.3 Å². The molecule has 132 valence electrons. The fourth-order valence-corrected chi connectivity index (χ4v) is 4.30. The molecule has 1 aromatic carbocycles. The Morgan fingerprint density at radius 3 is 2.71 bits per heavy atom. The van der Waals surface area contributed by atoms with Gasteiger partial charge in [0.05, 0.1) is 7.11 Å². The van der Waals surface area contributed by atoms with Gasteiger partial charge in [-0.15, -0.1) is 6.58 Å². The number of amides is 1. The van der Waals surface area contributed by atoms with Gasteiger partial charge >= 0.3 is 0 Å². The van der Waals surface area contributed by atoms with Crippen molar-refractivity contribution in [2.24, 2.45) is 5.92 Å². The number of sulfonamides is 1. The summed E-state index contributed by atoms with van der Waals surface area (Å²) in [5.41, 5.74) is 0. The topological polar surface area (TPSA) is 75.7 Å². The lowest BCUT2D eigenvalue weighted by Gasteiger charge is -2.30. The van der Waals surface area contributed by atoms with E-state index in [1.54, 1.807) is 6.08 Å². The number of halogens is 1. The Labute approximate surface area is 141 Å². The van der Waals surface area contributed by atoms with E-state index in [2.05, 4.69) is 11.9 Å². The summed E-state index contributed by atoms with van der Waals surface area (Å²) in [5, 5.41) is 2.72. The molecule has 1 N–H and O–H groups in total. The molecule has 24 heavy (non-hydrogen) atoms. The summed E-state index contributed by atoms with van der Waals surface area (Å²) in [6, 6.07) is 3.39. The maximum atomic E-state index is 13.5. The SMILES string of the molecule is C=CCNC(=O)C1CCN(S(=O)(=O)c2cc(F)ccc2OC)CC1. The van der Waals surface area contributed by atoms with Gasteiger partial charge in [-0.3, -0.25) is 4.79 Å². The van der Waals surface area contributed by atoms with Crippen molar-refractivity contribution in [3.8, 4) is 5.75 Å². The minimum atomic E-state index is -3.87. The van der Waals surface area contributed by atoms with Crippen molar-refractivity contribution in [3.05, 3.63) is 36.7 Å². The Morgan fingerprint density at radius 1 is 1.46 bits per heavy atom. The molecule has 1 aromatic rings. The first kappa shape index (κ1) is 18.4. The second kappa shape index (κ2) is 7.76. The normalized spacial score (nSPS) is 16.6. The van der Waals surface area contributed by atoms with Crippen LogP contribution < -0.4 is 10.1 Å². The van der Waals surface area contributed by atoms with E-state index in [1.165, 1.54) is 17.5 Å². The van der Waals surface area contributed by atoms with Crippen molar-refractivity contribution in [1.82, 2.24) is 9.62 Å². The number of hydrogen-bond donors (Lipinski definition) is 1. The monoisotopic (exact) mass is 356 g/mol. The minimum Gasteiger partial charge on any atom is -0.495 e. The minimum absolute atomic E-state index is 0.0993. The van der Waals surface area contributed by atoms with E-state index in [4.69, 9.17) is 4.74 Å². The van der Waals surface area contributed by atoms with Crippen molar-refractivity contribution in [2.45, 2.75) is 17.7 Å². The maximum absolute atomic E-state index is 13.5. The van der Waals surface area contributed by atoms with Crippen molar-refractivity contribution in [3.63, 3.8) is 0 Å².